The van der Waals surface area contributed by atoms with Gasteiger partial charge in [0.05, 0.1) is 13.2 Å². The second kappa shape index (κ2) is 10.1. The second-order valence-electron chi connectivity index (χ2n) is 10.4. The maximum Gasteiger partial charge on any atom is 0.293 e. The average molecular weight is 478 g/mol. The molecule has 0 aromatic heterocycles. The normalized spacial score (nSPS) is 30.3. The summed E-state index contributed by atoms with van der Waals surface area (Å²) in [6.45, 7) is 5.92. The lowest BCUT2D eigenvalue weighted by atomic mass is 9.56. The molecule has 0 N–H and O–H groups in total. The third kappa shape index (κ3) is 4.62. The first-order valence-electron chi connectivity index (χ1n) is 12.8. The number of anilines is 2. The number of hydrogen-bond donors (Lipinski definition) is 0. The summed E-state index contributed by atoms with van der Waals surface area (Å²) in [7, 11) is 0. The van der Waals surface area contributed by atoms with Crippen LogP contribution in [0.3, 0.4) is 0 Å². The third-order valence-electron chi connectivity index (χ3n) is 8.40. The number of ether oxygens (including phenoxy) is 3. The molecular weight excluding hydrogens is 442 g/mol. The van der Waals surface area contributed by atoms with E-state index < -0.39 is 5.79 Å². The van der Waals surface area contributed by atoms with Crippen molar-refractivity contribution in [1.29, 1.82) is 0 Å². The predicted molar refractivity (Wildman–Crippen MR) is 133 cm³/mol. The van der Waals surface area contributed by atoms with Crippen molar-refractivity contribution in [3.05, 3.63) is 60.7 Å². The Hall–Kier alpha value is -2.70. The predicted octanol–water partition coefficient (Wildman–Crippen LogP) is 5.34. The molecule has 35 heavy (non-hydrogen) atoms. The molecule has 0 bridgehead atoms. The largest absolute Gasteiger partial charge is 0.465 e. The number of benzene rings is 2. The van der Waals surface area contributed by atoms with Crippen LogP contribution >= 0.6 is 0 Å². The van der Waals surface area contributed by atoms with Gasteiger partial charge in [0, 0.05) is 36.1 Å². The number of para-hydroxylation sites is 2. The van der Waals surface area contributed by atoms with Gasteiger partial charge in [-0.25, -0.2) is 0 Å². The van der Waals surface area contributed by atoms with Gasteiger partial charge in [0.25, 0.3) is 6.47 Å². The molecule has 3 aliphatic rings. The Morgan fingerprint density at radius 1 is 1.06 bits per heavy atom. The molecule has 6 heteroatoms. The highest BCUT2D eigenvalue weighted by atomic mass is 16.7. The van der Waals surface area contributed by atoms with E-state index in [-0.39, 0.29) is 35.7 Å². The Morgan fingerprint density at radius 3 is 2.23 bits per heavy atom. The van der Waals surface area contributed by atoms with E-state index in [1.54, 1.807) is 0 Å². The number of rotatable bonds is 6. The van der Waals surface area contributed by atoms with Gasteiger partial charge in [-0.1, -0.05) is 43.3 Å². The van der Waals surface area contributed by atoms with Crippen molar-refractivity contribution >= 4 is 23.8 Å². The molecule has 2 aliphatic carbocycles. The summed E-state index contributed by atoms with van der Waals surface area (Å²) in [5.74, 6) is -0.0652. The van der Waals surface area contributed by atoms with Gasteiger partial charge in [-0.3, -0.25) is 14.5 Å². The first kappa shape index (κ1) is 24.0. The van der Waals surface area contributed by atoms with Crippen LogP contribution in [-0.2, 0) is 23.8 Å². The first-order chi connectivity index (χ1) is 17.0. The fourth-order valence-electron chi connectivity index (χ4n) is 7.03. The van der Waals surface area contributed by atoms with Crippen LogP contribution in [-0.4, -0.2) is 37.5 Å². The molecular formula is C29H35NO5. The van der Waals surface area contributed by atoms with Crippen LogP contribution in [0.2, 0.25) is 0 Å². The van der Waals surface area contributed by atoms with Gasteiger partial charge in [-0.2, -0.15) is 0 Å². The smallest absolute Gasteiger partial charge is 0.293 e. The topological polar surface area (TPSA) is 65.1 Å². The Labute approximate surface area is 207 Å². The van der Waals surface area contributed by atoms with Gasteiger partial charge >= 0.3 is 0 Å². The Kier molecular flexibility index (Phi) is 6.94. The minimum Gasteiger partial charge on any atom is -0.465 e. The second-order valence-corrected chi connectivity index (χ2v) is 10.4. The number of hydrogen-bond acceptors (Lipinski definition) is 5. The SMILES string of the molecule is CC(OC=O)[C@H]1[C@@H](C(=O)N(c2ccccc2)c2ccccc2)[C@@H]2CCC3(C[C@H]2C[C@H]1C)OCCO3. The number of carbonyl (C=O) groups excluding carboxylic acids is 2. The van der Waals surface area contributed by atoms with E-state index >= 15 is 0 Å². The van der Waals surface area contributed by atoms with E-state index in [1.165, 1.54) is 0 Å². The zero-order valence-electron chi connectivity index (χ0n) is 20.5. The quantitative estimate of drug-likeness (QED) is 0.525. The summed E-state index contributed by atoms with van der Waals surface area (Å²) >= 11 is 0. The minimum absolute atomic E-state index is 0.0664. The molecule has 1 amide bonds. The number of amides is 1. The van der Waals surface area contributed by atoms with E-state index in [1.807, 2.05) is 72.5 Å². The van der Waals surface area contributed by atoms with E-state index in [2.05, 4.69) is 6.92 Å². The molecule has 1 aliphatic heterocycles. The summed E-state index contributed by atoms with van der Waals surface area (Å²) in [6, 6.07) is 19.7. The summed E-state index contributed by atoms with van der Waals surface area (Å²) < 4.78 is 17.6. The molecule has 5 rings (SSSR count). The molecule has 1 spiro atoms. The van der Waals surface area contributed by atoms with Gasteiger partial charge in [-0.05, 0) is 61.8 Å². The van der Waals surface area contributed by atoms with Gasteiger partial charge in [-0.15, -0.1) is 0 Å². The zero-order valence-corrected chi connectivity index (χ0v) is 20.5. The Bertz CT molecular complexity index is 967. The summed E-state index contributed by atoms with van der Waals surface area (Å²) in [5, 5.41) is 0. The van der Waals surface area contributed by atoms with Crippen molar-refractivity contribution in [3.8, 4) is 0 Å². The maximum absolute atomic E-state index is 14.7. The van der Waals surface area contributed by atoms with Crippen molar-refractivity contribution in [2.45, 2.75) is 51.4 Å². The Balaban J connectivity index is 1.55. The van der Waals surface area contributed by atoms with Crippen LogP contribution in [0.1, 0.15) is 39.5 Å². The van der Waals surface area contributed by atoms with Crippen molar-refractivity contribution in [2.24, 2.45) is 29.6 Å². The van der Waals surface area contributed by atoms with Crippen molar-refractivity contribution < 1.29 is 23.8 Å². The third-order valence-corrected chi connectivity index (χ3v) is 8.40. The highest BCUT2D eigenvalue weighted by molar-refractivity contribution is 6.02. The van der Waals surface area contributed by atoms with E-state index in [0.29, 0.717) is 25.6 Å². The van der Waals surface area contributed by atoms with Gasteiger partial charge < -0.3 is 14.2 Å². The van der Waals surface area contributed by atoms with Gasteiger partial charge in [0.2, 0.25) is 5.91 Å². The highest BCUT2D eigenvalue weighted by Crippen LogP contribution is 2.54. The fraction of sp³-hybridized carbons (Fsp3) is 0.517. The van der Waals surface area contributed by atoms with E-state index in [4.69, 9.17) is 14.2 Å². The lowest BCUT2D eigenvalue weighted by Crippen LogP contribution is -2.55. The van der Waals surface area contributed by atoms with Crippen LogP contribution in [0, 0.1) is 29.6 Å². The summed E-state index contributed by atoms with van der Waals surface area (Å²) in [5.41, 5.74) is 1.69. The van der Waals surface area contributed by atoms with Crippen molar-refractivity contribution in [1.82, 2.24) is 0 Å². The van der Waals surface area contributed by atoms with Gasteiger partial charge in [0.1, 0.15) is 6.10 Å². The number of nitrogens with zero attached hydrogens (tertiary/aromatic N) is 1. The first-order valence-corrected chi connectivity index (χ1v) is 12.8. The minimum atomic E-state index is -0.495. The molecule has 0 radical (unpaired) electrons. The molecule has 1 unspecified atom stereocenters. The van der Waals surface area contributed by atoms with Crippen LogP contribution < -0.4 is 4.90 Å². The average Bonchev–Trinajstić information content (AvgIpc) is 3.32. The molecule has 6 atom stereocenters. The highest BCUT2D eigenvalue weighted by Gasteiger charge is 2.55. The van der Waals surface area contributed by atoms with Crippen LogP contribution in [0.4, 0.5) is 11.4 Å². The molecule has 1 saturated heterocycles. The molecule has 2 saturated carbocycles. The lowest BCUT2D eigenvalue weighted by Gasteiger charge is -2.52. The van der Waals surface area contributed by atoms with Crippen LogP contribution in [0.25, 0.3) is 0 Å². The summed E-state index contributed by atoms with van der Waals surface area (Å²) in [4.78, 5) is 27.8. The van der Waals surface area contributed by atoms with E-state index in [9.17, 15) is 9.59 Å². The molecule has 6 nitrogen and oxygen atoms in total. The standard InChI is InChI=1S/C29H35NO5/c1-20-17-22-18-29(34-15-16-35-29)14-13-25(22)27(26(20)21(2)33-19-31)28(32)30(23-9-5-3-6-10-23)24-11-7-4-8-12-24/h3-12,19-22,25-27H,13-18H2,1-2H3/t20-,21?,22-,25-,26+,27+/m1/s1. The van der Waals surface area contributed by atoms with Crippen molar-refractivity contribution in [3.63, 3.8) is 0 Å². The monoisotopic (exact) mass is 477 g/mol. The number of fused-ring (bicyclic) bond motifs is 1. The van der Waals surface area contributed by atoms with E-state index in [0.717, 1.165) is 37.1 Å². The number of carbonyl (C=O) groups is 2. The zero-order chi connectivity index (χ0) is 24.4. The molecule has 3 fully saturated rings. The molecule has 2 aromatic rings. The fourth-order valence-corrected chi connectivity index (χ4v) is 7.03. The molecule has 1 heterocycles. The van der Waals surface area contributed by atoms with Gasteiger partial charge in [0.15, 0.2) is 5.79 Å². The summed E-state index contributed by atoms with van der Waals surface area (Å²) in [6.07, 6.45) is 3.09. The molecule has 186 valence electrons. The van der Waals surface area contributed by atoms with Crippen molar-refractivity contribution in [2.75, 3.05) is 18.1 Å². The molecule has 2 aromatic carbocycles. The van der Waals surface area contributed by atoms with Crippen LogP contribution in [0.5, 0.6) is 0 Å². The lowest BCUT2D eigenvalue weighted by molar-refractivity contribution is -0.210. The van der Waals surface area contributed by atoms with Crippen LogP contribution in [0.15, 0.2) is 60.7 Å². The Morgan fingerprint density at radius 2 is 1.66 bits per heavy atom. The maximum atomic E-state index is 14.7.